The first-order valence-electron chi connectivity index (χ1n) is 8.02. The molecule has 0 aliphatic carbocycles. The van der Waals surface area contributed by atoms with E-state index in [1.165, 1.54) is 24.8 Å². The summed E-state index contributed by atoms with van der Waals surface area (Å²) in [6.07, 6.45) is 5.64. The fourth-order valence-corrected chi connectivity index (χ4v) is 2.89. The van der Waals surface area contributed by atoms with Crippen molar-refractivity contribution < 1.29 is 0 Å². The Morgan fingerprint density at radius 3 is 2.41 bits per heavy atom. The van der Waals surface area contributed by atoms with Crippen LogP contribution in [-0.2, 0) is 0 Å². The average molecular weight is 301 g/mol. The van der Waals surface area contributed by atoms with Crippen LogP contribution < -0.4 is 16.4 Å². The molecule has 0 bridgehead atoms. The summed E-state index contributed by atoms with van der Waals surface area (Å²) in [7, 11) is 0. The number of aliphatic imine (C=N–C) groups is 2. The number of rotatable bonds is 6. The number of unbranched alkanes of at least 4 members (excludes halogenated alkanes) is 3. The van der Waals surface area contributed by atoms with Gasteiger partial charge in [-0.3, -0.25) is 4.90 Å². The van der Waals surface area contributed by atoms with Crippen molar-refractivity contribution in [3.05, 3.63) is 29.8 Å². The van der Waals surface area contributed by atoms with Crippen LogP contribution in [0.1, 0.15) is 51.5 Å². The minimum absolute atomic E-state index is 0.263. The van der Waals surface area contributed by atoms with Gasteiger partial charge in [-0.1, -0.05) is 43.9 Å². The van der Waals surface area contributed by atoms with Crippen LogP contribution in [0.5, 0.6) is 0 Å². The minimum atomic E-state index is -0.473. The molecule has 0 radical (unpaired) electrons. The molecule has 0 amide bonds. The van der Waals surface area contributed by atoms with Crippen molar-refractivity contribution >= 4 is 17.6 Å². The number of hydrogen-bond acceptors (Lipinski definition) is 5. The van der Waals surface area contributed by atoms with Gasteiger partial charge in [0.05, 0.1) is 0 Å². The van der Waals surface area contributed by atoms with E-state index in [0.717, 1.165) is 18.5 Å². The zero-order chi connectivity index (χ0) is 16.2. The van der Waals surface area contributed by atoms with Crippen molar-refractivity contribution in [2.24, 2.45) is 21.5 Å². The van der Waals surface area contributed by atoms with Crippen molar-refractivity contribution in [3.63, 3.8) is 0 Å². The van der Waals surface area contributed by atoms with Gasteiger partial charge in [0, 0.05) is 5.69 Å². The van der Waals surface area contributed by atoms with E-state index in [4.69, 9.17) is 11.5 Å². The average Bonchev–Trinajstić information content (AvgIpc) is 2.45. The SMILES string of the molecule is CCCCCCC1(C)N=C(N)N=C(N)N1c1ccc(C)cc1. The van der Waals surface area contributed by atoms with E-state index in [0.29, 0.717) is 5.96 Å². The fourth-order valence-electron chi connectivity index (χ4n) is 2.89. The molecule has 1 aromatic carbocycles. The van der Waals surface area contributed by atoms with Crippen LogP contribution in [0.15, 0.2) is 34.3 Å². The maximum absolute atomic E-state index is 6.16. The molecule has 0 spiro atoms. The summed E-state index contributed by atoms with van der Waals surface area (Å²) >= 11 is 0. The van der Waals surface area contributed by atoms with E-state index in [-0.39, 0.29) is 5.96 Å². The molecule has 0 saturated heterocycles. The lowest BCUT2D eigenvalue weighted by Crippen LogP contribution is -2.56. The van der Waals surface area contributed by atoms with Crippen LogP contribution in [0.2, 0.25) is 0 Å². The number of nitrogens with two attached hydrogens (primary N) is 2. The smallest absolute Gasteiger partial charge is 0.220 e. The zero-order valence-corrected chi connectivity index (χ0v) is 13.8. The molecule has 5 nitrogen and oxygen atoms in total. The first-order valence-corrected chi connectivity index (χ1v) is 8.02. The van der Waals surface area contributed by atoms with Crippen molar-refractivity contribution in [2.45, 2.75) is 58.5 Å². The second-order valence-corrected chi connectivity index (χ2v) is 6.14. The Hall–Kier alpha value is -2.04. The van der Waals surface area contributed by atoms with Crippen LogP contribution in [0, 0.1) is 6.92 Å². The third-order valence-corrected chi connectivity index (χ3v) is 4.09. The maximum Gasteiger partial charge on any atom is 0.220 e. The van der Waals surface area contributed by atoms with Gasteiger partial charge in [-0.15, -0.1) is 0 Å². The van der Waals surface area contributed by atoms with Crippen LogP contribution in [0.4, 0.5) is 5.69 Å². The maximum atomic E-state index is 6.16. The van der Waals surface area contributed by atoms with E-state index in [9.17, 15) is 0 Å². The van der Waals surface area contributed by atoms with Crippen molar-refractivity contribution in [1.29, 1.82) is 0 Å². The van der Waals surface area contributed by atoms with Gasteiger partial charge in [0.1, 0.15) is 5.66 Å². The minimum Gasteiger partial charge on any atom is -0.369 e. The second-order valence-electron chi connectivity index (χ2n) is 6.14. The summed E-state index contributed by atoms with van der Waals surface area (Å²) in [5.41, 5.74) is 13.8. The van der Waals surface area contributed by atoms with Gasteiger partial charge in [-0.2, -0.15) is 4.99 Å². The molecule has 22 heavy (non-hydrogen) atoms. The Morgan fingerprint density at radius 2 is 1.77 bits per heavy atom. The van der Waals surface area contributed by atoms with Gasteiger partial charge < -0.3 is 11.5 Å². The molecule has 0 fully saturated rings. The quantitative estimate of drug-likeness (QED) is 0.792. The van der Waals surface area contributed by atoms with E-state index >= 15 is 0 Å². The topological polar surface area (TPSA) is 80.0 Å². The Balaban J connectivity index is 2.26. The monoisotopic (exact) mass is 301 g/mol. The van der Waals surface area contributed by atoms with Crippen molar-refractivity contribution in [2.75, 3.05) is 4.90 Å². The first kappa shape index (κ1) is 16.3. The van der Waals surface area contributed by atoms with E-state index in [1.54, 1.807) is 0 Å². The standard InChI is InChI=1S/C17H27N5/c1-4-5-6-7-12-17(3)21-15(18)20-16(19)22(17)14-10-8-13(2)9-11-14/h8-11H,4-7,12H2,1-3H3,(H4,18,19,20,21). The molecule has 1 atom stereocenters. The largest absolute Gasteiger partial charge is 0.369 e. The Morgan fingerprint density at radius 1 is 1.09 bits per heavy atom. The van der Waals surface area contributed by atoms with Gasteiger partial charge in [0.15, 0.2) is 0 Å². The molecule has 0 aromatic heterocycles. The number of hydrogen-bond donors (Lipinski definition) is 2. The summed E-state index contributed by atoms with van der Waals surface area (Å²) in [5.74, 6) is 0.674. The molecule has 0 saturated carbocycles. The van der Waals surface area contributed by atoms with E-state index in [1.807, 2.05) is 4.90 Å². The molecule has 120 valence electrons. The molecule has 1 unspecified atom stereocenters. The number of aryl methyl sites for hydroxylation is 1. The van der Waals surface area contributed by atoms with Gasteiger partial charge in [-0.05, 0) is 38.8 Å². The third kappa shape index (κ3) is 3.59. The number of benzene rings is 1. The molecule has 1 heterocycles. The highest BCUT2D eigenvalue weighted by atomic mass is 15.4. The lowest BCUT2D eigenvalue weighted by molar-refractivity contribution is 0.419. The predicted octanol–water partition coefficient (Wildman–Crippen LogP) is 3.13. The summed E-state index contributed by atoms with van der Waals surface area (Å²) < 4.78 is 0. The highest BCUT2D eigenvalue weighted by Gasteiger charge is 2.36. The molecule has 5 heteroatoms. The van der Waals surface area contributed by atoms with Gasteiger partial charge >= 0.3 is 0 Å². The van der Waals surface area contributed by atoms with Crippen LogP contribution in [-0.4, -0.2) is 17.6 Å². The zero-order valence-electron chi connectivity index (χ0n) is 13.8. The molecular formula is C17H27N5. The molecule has 1 aliphatic heterocycles. The Labute approximate surface area is 133 Å². The van der Waals surface area contributed by atoms with E-state index < -0.39 is 5.66 Å². The summed E-state index contributed by atoms with van der Waals surface area (Å²) in [6, 6.07) is 8.25. The second kappa shape index (κ2) is 6.81. The lowest BCUT2D eigenvalue weighted by atomic mass is 10.00. The number of nitrogens with zero attached hydrogens (tertiary/aromatic N) is 3. The van der Waals surface area contributed by atoms with Crippen LogP contribution in [0.3, 0.4) is 0 Å². The fraction of sp³-hybridized carbons (Fsp3) is 0.529. The molecule has 1 aromatic rings. The molecular weight excluding hydrogens is 274 g/mol. The van der Waals surface area contributed by atoms with Crippen LogP contribution >= 0.6 is 0 Å². The normalized spacial score (nSPS) is 21.5. The van der Waals surface area contributed by atoms with E-state index in [2.05, 4.69) is 55.0 Å². The van der Waals surface area contributed by atoms with Gasteiger partial charge in [0.25, 0.3) is 0 Å². The Bertz CT molecular complexity index is 561. The molecule has 4 N–H and O–H groups in total. The lowest BCUT2D eigenvalue weighted by Gasteiger charge is -2.41. The summed E-state index contributed by atoms with van der Waals surface area (Å²) in [5, 5.41) is 0. The van der Waals surface area contributed by atoms with Crippen molar-refractivity contribution in [3.8, 4) is 0 Å². The third-order valence-electron chi connectivity index (χ3n) is 4.09. The van der Waals surface area contributed by atoms with Crippen molar-refractivity contribution in [1.82, 2.24) is 0 Å². The predicted molar refractivity (Wildman–Crippen MR) is 94.1 cm³/mol. The number of guanidine groups is 2. The van der Waals surface area contributed by atoms with Gasteiger partial charge in [-0.25, -0.2) is 4.99 Å². The molecule has 2 rings (SSSR count). The van der Waals surface area contributed by atoms with Crippen LogP contribution in [0.25, 0.3) is 0 Å². The highest BCUT2D eigenvalue weighted by molar-refractivity contribution is 6.05. The summed E-state index contributed by atoms with van der Waals surface area (Å²) in [4.78, 5) is 10.7. The highest BCUT2D eigenvalue weighted by Crippen LogP contribution is 2.32. The summed E-state index contributed by atoms with van der Waals surface area (Å²) in [6.45, 7) is 6.35. The first-order chi connectivity index (χ1) is 10.5. The molecule has 1 aliphatic rings. The Kier molecular flexibility index (Phi) is 5.06. The number of anilines is 1. The van der Waals surface area contributed by atoms with Gasteiger partial charge in [0.2, 0.25) is 11.9 Å².